The van der Waals surface area contributed by atoms with Gasteiger partial charge in [0.1, 0.15) is 11.5 Å². The van der Waals surface area contributed by atoms with Crippen molar-refractivity contribution in [3.8, 4) is 11.5 Å². The Bertz CT molecular complexity index is 565. The summed E-state index contributed by atoms with van der Waals surface area (Å²) in [7, 11) is 0. The zero-order valence-corrected chi connectivity index (χ0v) is 17.8. The van der Waals surface area contributed by atoms with Crippen LogP contribution >= 0.6 is 0 Å². The number of rotatable bonds is 8. The topological polar surface area (TPSA) is 40.5 Å². The first kappa shape index (κ1) is 21.1. The number of hydrogen-bond acceptors (Lipinski definition) is 2. The lowest BCUT2D eigenvalue weighted by Gasteiger charge is -2.29. The van der Waals surface area contributed by atoms with E-state index in [-0.39, 0.29) is 11.3 Å². The van der Waals surface area contributed by atoms with Gasteiger partial charge in [-0.15, -0.1) is 0 Å². The summed E-state index contributed by atoms with van der Waals surface area (Å²) < 4.78 is 0. The highest BCUT2D eigenvalue weighted by molar-refractivity contribution is 5.51. The second-order valence-corrected chi connectivity index (χ2v) is 9.71. The molecule has 1 aromatic carbocycles. The van der Waals surface area contributed by atoms with E-state index in [9.17, 15) is 10.2 Å². The van der Waals surface area contributed by atoms with Crippen molar-refractivity contribution >= 4 is 0 Å². The Kier molecular flexibility index (Phi) is 7.05. The molecule has 2 rings (SSSR count). The van der Waals surface area contributed by atoms with Crippen LogP contribution in [0.1, 0.15) is 104 Å². The van der Waals surface area contributed by atoms with E-state index in [4.69, 9.17) is 0 Å². The molecule has 0 amide bonds. The summed E-state index contributed by atoms with van der Waals surface area (Å²) in [5, 5.41) is 21.7. The lowest BCUT2D eigenvalue weighted by atomic mass is 9.77. The Labute approximate surface area is 161 Å². The van der Waals surface area contributed by atoms with Crippen molar-refractivity contribution in [2.75, 3.05) is 0 Å². The molecular weight excluding hydrogens is 320 g/mol. The smallest absolute Gasteiger partial charge is 0.123 e. The van der Waals surface area contributed by atoms with Crippen LogP contribution < -0.4 is 0 Å². The van der Waals surface area contributed by atoms with E-state index < -0.39 is 0 Å². The molecule has 0 radical (unpaired) electrons. The summed E-state index contributed by atoms with van der Waals surface area (Å²) >= 11 is 0. The lowest BCUT2D eigenvalue weighted by molar-refractivity contribution is 0.334. The summed E-state index contributed by atoms with van der Waals surface area (Å²) in [6.45, 7) is 13.5. The fourth-order valence-electron chi connectivity index (χ4n) is 4.93. The molecule has 2 heteroatoms. The maximum Gasteiger partial charge on any atom is 0.123 e. The predicted molar refractivity (Wildman–Crippen MR) is 111 cm³/mol. The van der Waals surface area contributed by atoms with Gasteiger partial charge in [-0.1, -0.05) is 67.2 Å². The summed E-state index contributed by atoms with van der Waals surface area (Å²) in [6, 6.07) is 3.85. The number of aromatic hydroxyl groups is 2. The maximum atomic E-state index is 10.8. The monoisotopic (exact) mass is 360 g/mol. The molecule has 1 aliphatic rings. The average molecular weight is 361 g/mol. The van der Waals surface area contributed by atoms with Crippen LogP contribution in [0.4, 0.5) is 0 Å². The van der Waals surface area contributed by atoms with Gasteiger partial charge in [0.05, 0.1) is 0 Å². The largest absolute Gasteiger partial charge is 0.508 e. The second-order valence-electron chi connectivity index (χ2n) is 9.71. The van der Waals surface area contributed by atoms with Gasteiger partial charge in [0.2, 0.25) is 0 Å². The Morgan fingerprint density at radius 3 is 2.19 bits per heavy atom. The molecule has 0 spiro atoms. The van der Waals surface area contributed by atoms with E-state index in [0.29, 0.717) is 29.3 Å². The minimum atomic E-state index is -0.0261. The molecule has 1 fully saturated rings. The average Bonchev–Trinajstić information content (AvgIpc) is 2.92. The SMILES string of the molecule is CCCCCCC(C)(C)c1cc(O)c([C@@H]2CC(C)C[C@H]2C(C)C)c(O)c1. The van der Waals surface area contributed by atoms with Crippen LogP contribution in [0.25, 0.3) is 0 Å². The van der Waals surface area contributed by atoms with Gasteiger partial charge in [0.25, 0.3) is 0 Å². The van der Waals surface area contributed by atoms with Gasteiger partial charge in [0.15, 0.2) is 0 Å². The van der Waals surface area contributed by atoms with Gasteiger partial charge in [0, 0.05) is 5.56 Å². The van der Waals surface area contributed by atoms with E-state index in [2.05, 4.69) is 41.5 Å². The van der Waals surface area contributed by atoms with Crippen LogP contribution in [-0.2, 0) is 5.41 Å². The molecule has 0 aliphatic heterocycles. The zero-order chi connectivity index (χ0) is 19.5. The lowest BCUT2D eigenvalue weighted by Crippen LogP contribution is -2.18. The molecule has 26 heavy (non-hydrogen) atoms. The number of unbranched alkanes of at least 4 members (excludes halogenated alkanes) is 3. The van der Waals surface area contributed by atoms with Crippen molar-refractivity contribution in [1.29, 1.82) is 0 Å². The molecular formula is C24H40O2. The molecule has 148 valence electrons. The molecule has 2 N–H and O–H groups in total. The Morgan fingerprint density at radius 2 is 1.65 bits per heavy atom. The van der Waals surface area contributed by atoms with Gasteiger partial charge in [-0.05, 0) is 66.0 Å². The van der Waals surface area contributed by atoms with Crippen LogP contribution in [0.5, 0.6) is 11.5 Å². The van der Waals surface area contributed by atoms with Crippen molar-refractivity contribution in [3.05, 3.63) is 23.3 Å². The minimum Gasteiger partial charge on any atom is -0.508 e. The minimum absolute atomic E-state index is 0.0261. The van der Waals surface area contributed by atoms with E-state index >= 15 is 0 Å². The highest BCUT2D eigenvalue weighted by Gasteiger charge is 2.38. The van der Waals surface area contributed by atoms with Gasteiger partial charge >= 0.3 is 0 Å². The molecule has 0 saturated heterocycles. The Balaban J connectivity index is 2.25. The second kappa shape index (κ2) is 8.67. The van der Waals surface area contributed by atoms with Crippen molar-refractivity contribution < 1.29 is 10.2 Å². The highest BCUT2D eigenvalue weighted by atomic mass is 16.3. The van der Waals surface area contributed by atoms with Gasteiger partial charge < -0.3 is 10.2 Å². The van der Waals surface area contributed by atoms with Gasteiger partial charge in [-0.25, -0.2) is 0 Å². The molecule has 1 unspecified atom stereocenters. The van der Waals surface area contributed by atoms with E-state index in [1.165, 1.54) is 32.1 Å². The first-order valence-corrected chi connectivity index (χ1v) is 10.7. The number of phenolic OH excluding ortho intramolecular Hbond substituents is 2. The summed E-state index contributed by atoms with van der Waals surface area (Å²) in [5.74, 6) is 2.62. The van der Waals surface area contributed by atoms with Gasteiger partial charge in [-0.3, -0.25) is 0 Å². The fraction of sp³-hybridized carbons (Fsp3) is 0.750. The number of hydrogen-bond donors (Lipinski definition) is 2. The van der Waals surface area contributed by atoms with Crippen molar-refractivity contribution in [2.45, 2.75) is 97.8 Å². The molecule has 3 atom stereocenters. The maximum absolute atomic E-state index is 10.8. The molecule has 0 aromatic heterocycles. The third-order valence-electron chi connectivity index (χ3n) is 6.65. The predicted octanol–water partition coefficient (Wildman–Crippen LogP) is 7.13. The van der Waals surface area contributed by atoms with Crippen molar-refractivity contribution in [2.24, 2.45) is 17.8 Å². The first-order chi connectivity index (χ1) is 12.2. The molecule has 2 nitrogen and oxygen atoms in total. The third-order valence-corrected chi connectivity index (χ3v) is 6.65. The molecule has 1 aromatic rings. The molecule has 1 saturated carbocycles. The highest BCUT2D eigenvalue weighted by Crippen LogP contribution is 2.52. The van der Waals surface area contributed by atoms with Crippen LogP contribution in [0.15, 0.2) is 12.1 Å². The quantitative estimate of drug-likeness (QED) is 0.484. The number of phenols is 2. The first-order valence-electron chi connectivity index (χ1n) is 10.7. The summed E-state index contributed by atoms with van der Waals surface area (Å²) in [4.78, 5) is 0. The van der Waals surface area contributed by atoms with Gasteiger partial charge in [-0.2, -0.15) is 0 Å². The Morgan fingerprint density at radius 1 is 1.04 bits per heavy atom. The molecule has 1 aliphatic carbocycles. The molecule has 0 heterocycles. The summed E-state index contributed by atoms with van der Waals surface area (Å²) in [5.41, 5.74) is 1.82. The normalized spacial score (nSPS) is 23.7. The zero-order valence-electron chi connectivity index (χ0n) is 17.8. The number of benzene rings is 1. The van der Waals surface area contributed by atoms with Crippen molar-refractivity contribution in [1.82, 2.24) is 0 Å². The van der Waals surface area contributed by atoms with Crippen LogP contribution in [0.3, 0.4) is 0 Å². The van der Waals surface area contributed by atoms with Crippen molar-refractivity contribution in [3.63, 3.8) is 0 Å². The fourth-order valence-corrected chi connectivity index (χ4v) is 4.93. The standard InChI is InChI=1S/C24H40O2/c1-7-8-9-10-11-24(5,6)18-14-21(25)23(22(26)15-18)20-13-17(4)12-19(20)16(2)3/h14-17,19-20,25-26H,7-13H2,1-6H3/t17?,19-,20+/m0/s1. The van der Waals surface area contributed by atoms with Crippen LogP contribution in [-0.4, -0.2) is 10.2 Å². The molecule has 0 bridgehead atoms. The van der Waals surface area contributed by atoms with E-state index in [1.807, 2.05) is 12.1 Å². The van der Waals surface area contributed by atoms with Crippen LogP contribution in [0, 0.1) is 17.8 Å². The summed E-state index contributed by atoms with van der Waals surface area (Å²) in [6.07, 6.45) is 8.30. The third kappa shape index (κ3) is 4.75. The van der Waals surface area contributed by atoms with E-state index in [1.54, 1.807) is 0 Å². The van der Waals surface area contributed by atoms with Crippen LogP contribution in [0.2, 0.25) is 0 Å². The van der Waals surface area contributed by atoms with E-state index in [0.717, 1.165) is 24.0 Å². The Hall–Kier alpha value is -1.18.